The lowest BCUT2D eigenvalue weighted by atomic mass is 10.1. The number of Topliss-reactive ketones (excluding diaryl/α,β-unsaturated/α-hetero) is 1. The van der Waals surface area contributed by atoms with Crippen molar-refractivity contribution in [3.05, 3.63) is 29.8 Å². The van der Waals surface area contributed by atoms with Crippen molar-refractivity contribution in [2.24, 2.45) is 0 Å². The summed E-state index contributed by atoms with van der Waals surface area (Å²) in [6, 6.07) is 8.20. The maximum atomic E-state index is 12.7. The molecular formula is C25H37N3O4. The summed E-state index contributed by atoms with van der Waals surface area (Å²) in [4.78, 5) is 31.7. The van der Waals surface area contributed by atoms with Gasteiger partial charge in [-0.25, -0.2) is 0 Å². The van der Waals surface area contributed by atoms with Crippen LogP contribution in [0.15, 0.2) is 24.3 Å². The normalized spacial score (nSPS) is 24.7. The molecule has 0 aromatic heterocycles. The third-order valence-corrected chi connectivity index (χ3v) is 6.98. The van der Waals surface area contributed by atoms with E-state index in [1.54, 1.807) is 0 Å². The highest BCUT2D eigenvalue weighted by molar-refractivity contribution is 5.97. The summed E-state index contributed by atoms with van der Waals surface area (Å²) in [6.45, 7) is 9.14. The van der Waals surface area contributed by atoms with Gasteiger partial charge in [-0.3, -0.25) is 14.5 Å². The molecule has 3 saturated heterocycles. The van der Waals surface area contributed by atoms with Gasteiger partial charge < -0.3 is 19.3 Å². The second kappa shape index (κ2) is 11.3. The van der Waals surface area contributed by atoms with Gasteiger partial charge in [0, 0.05) is 50.9 Å². The van der Waals surface area contributed by atoms with Gasteiger partial charge in [-0.2, -0.15) is 0 Å². The van der Waals surface area contributed by atoms with Crippen LogP contribution in [0.3, 0.4) is 0 Å². The van der Waals surface area contributed by atoms with E-state index < -0.39 is 0 Å². The lowest BCUT2D eigenvalue weighted by molar-refractivity contribution is -0.142. The fourth-order valence-electron chi connectivity index (χ4n) is 4.92. The van der Waals surface area contributed by atoms with Crippen molar-refractivity contribution in [3.63, 3.8) is 0 Å². The number of rotatable bonds is 9. The lowest BCUT2D eigenvalue weighted by Crippen LogP contribution is -2.52. The summed E-state index contributed by atoms with van der Waals surface area (Å²) in [5.41, 5.74) is 0.709. The summed E-state index contributed by atoms with van der Waals surface area (Å²) in [7, 11) is 0. The van der Waals surface area contributed by atoms with E-state index in [4.69, 9.17) is 9.47 Å². The molecule has 1 amide bonds. The van der Waals surface area contributed by atoms with Gasteiger partial charge in [0.25, 0.3) is 5.91 Å². The van der Waals surface area contributed by atoms with Crippen molar-refractivity contribution in [3.8, 4) is 5.75 Å². The molecular weight excluding hydrogens is 406 g/mol. The van der Waals surface area contributed by atoms with Crippen LogP contribution in [0.5, 0.6) is 5.75 Å². The first-order valence-corrected chi connectivity index (χ1v) is 12.2. The molecule has 0 radical (unpaired) electrons. The Kier molecular flexibility index (Phi) is 8.16. The van der Waals surface area contributed by atoms with E-state index in [0.29, 0.717) is 44.5 Å². The Morgan fingerprint density at radius 1 is 1.03 bits per heavy atom. The van der Waals surface area contributed by atoms with E-state index >= 15 is 0 Å². The molecule has 2 atom stereocenters. The van der Waals surface area contributed by atoms with Crippen molar-refractivity contribution < 1.29 is 19.1 Å². The van der Waals surface area contributed by atoms with Gasteiger partial charge in [-0.15, -0.1) is 0 Å². The summed E-state index contributed by atoms with van der Waals surface area (Å²) in [5.74, 6) is 1.04. The molecule has 3 aliphatic rings. The minimum absolute atomic E-state index is 0.110. The highest BCUT2D eigenvalue weighted by Crippen LogP contribution is 2.18. The number of hydrogen-bond donors (Lipinski definition) is 0. The first kappa shape index (κ1) is 23.2. The minimum Gasteiger partial charge on any atom is -0.494 e. The van der Waals surface area contributed by atoms with E-state index in [2.05, 4.69) is 16.7 Å². The predicted octanol–water partition coefficient (Wildman–Crippen LogP) is 2.45. The molecule has 3 heterocycles. The van der Waals surface area contributed by atoms with Crippen LogP contribution in [0.25, 0.3) is 0 Å². The first-order chi connectivity index (χ1) is 15.6. The Bertz CT molecular complexity index is 755. The first-order valence-electron chi connectivity index (χ1n) is 12.2. The van der Waals surface area contributed by atoms with Gasteiger partial charge in [0.15, 0.2) is 5.78 Å². The second-order valence-corrected chi connectivity index (χ2v) is 9.28. The van der Waals surface area contributed by atoms with Crippen LogP contribution in [0.4, 0.5) is 0 Å². The van der Waals surface area contributed by atoms with Crippen LogP contribution in [0.2, 0.25) is 0 Å². The topological polar surface area (TPSA) is 62.3 Å². The Morgan fingerprint density at radius 3 is 2.47 bits per heavy atom. The fourth-order valence-corrected chi connectivity index (χ4v) is 4.92. The number of likely N-dealkylation sites (tertiary alicyclic amines) is 1. The van der Waals surface area contributed by atoms with Gasteiger partial charge in [0.1, 0.15) is 11.9 Å². The number of hydrogen-bond acceptors (Lipinski definition) is 6. The largest absolute Gasteiger partial charge is 0.494 e. The van der Waals surface area contributed by atoms with Crippen molar-refractivity contribution in [2.45, 2.75) is 51.2 Å². The van der Waals surface area contributed by atoms with Crippen LogP contribution >= 0.6 is 0 Å². The van der Waals surface area contributed by atoms with Gasteiger partial charge in [-0.05, 0) is 69.8 Å². The zero-order valence-electron chi connectivity index (χ0n) is 19.3. The van der Waals surface area contributed by atoms with Crippen LogP contribution in [0, 0.1) is 0 Å². The summed E-state index contributed by atoms with van der Waals surface area (Å²) in [5, 5.41) is 0. The Balaban J connectivity index is 1.15. The van der Waals surface area contributed by atoms with Crippen molar-refractivity contribution in [1.29, 1.82) is 0 Å². The molecule has 176 valence electrons. The molecule has 1 aromatic rings. The SMILES string of the molecule is CC1CCCN1CCCOc1ccc(C(=O)CN2CCN(C(=O)C3CCCO3)CC2)cc1. The minimum atomic E-state index is -0.257. The predicted molar refractivity (Wildman–Crippen MR) is 123 cm³/mol. The highest BCUT2D eigenvalue weighted by Gasteiger charge is 2.30. The van der Waals surface area contributed by atoms with Crippen LogP contribution in [-0.4, -0.2) is 97.6 Å². The number of nitrogens with zero attached hydrogens (tertiary/aromatic N) is 3. The molecule has 7 nitrogen and oxygen atoms in total. The zero-order chi connectivity index (χ0) is 22.3. The monoisotopic (exact) mass is 443 g/mol. The maximum Gasteiger partial charge on any atom is 0.251 e. The molecule has 7 heteroatoms. The number of benzene rings is 1. The van der Waals surface area contributed by atoms with Crippen molar-refractivity contribution in [1.82, 2.24) is 14.7 Å². The summed E-state index contributed by atoms with van der Waals surface area (Å²) < 4.78 is 11.4. The zero-order valence-corrected chi connectivity index (χ0v) is 19.3. The number of ketones is 1. The number of carbonyl (C=O) groups is 2. The third kappa shape index (κ3) is 6.09. The Hall–Kier alpha value is -1.96. The smallest absolute Gasteiger partial charge is 0.251 e. The number of amides is 1. The van der Waals surface area contributed by atoms with E-state index in [1.165, 1.54) is 19.4 Å². The molecule has 2 unspecified atom stereocenters. The molecule has 0 spiro atoms. The van der Waals surface area contributed by atoms with Crippen LogP contribution in [0.1, 0.15) is 49.4 Å². The average Bonchev–Trinajstić information content (AvgIpc) is 3.49. The Labute approximate surface area is 191 Å². The van der Waals surface area contributed by atoms with E-state index in [0.717, 1.165) is 44.6 Å². The maximum absolute atomic E-state index is 12.7. The van der Waals surface area contributed by atoms with E-state index in [9.17, 15) is 9.59 Å². The average molecular weight is 444 g/mol. The van der Waals surface area contributed by atoms with E-state index in [1.807, 2.05) is 29.2 Å². The standard InChI is InChI=1S/C25H37N3O4/c1-20-5-2-11-27(20)12-4-18-31-22-9-7-21(8-10-22)23(29)19-26-13-15-28(16-14-26)25(30)24-6-3-17-32-24/h7-10,20,24H,2-6,11-19H2,1H3. The fraction of sp³-hybridized carbons (Fsp3) is 0.680. The second-order valence-electron chi connectivity index (χ2n) is 9.28. The van der Waals surface area contributed by atoms with Gasteiger partial charge >= 0.3 is 0 Å². The molecule has 4 rings (SSSR count). The van der Waals surface area contributed by atoms with Gasteiger partial charge in [0.05, 0.1) is 13.2 Å². The van der Waals surface area contributed by atoms with Gasteiger partial charge in [0.2, 0.25) is 0 Å². The summed E-state index contributed by atoms with van der Waals surface area (Å²) in [6.07, 6.45) is 5.17. The molecule has 1 aromatic carbocycles. The van der Waals surface area contributed by atoms with Gasteiger partial charge in [-0.1, -0.05) is 0 Å². The molecule has 3 aliphatic heterocycles. The molecule has 0 aliphatic carbocycles. The number of ether oxygens (including phenoxy) is 2. The third-order valence-electron chi connectivity index (χ3n) is 6.98. The van der Waals surface area contributed by atoms with Crippen LogP contribution in [-0.2, 0) is 9.53 Å². The highest BCUT2D eigenvalue weighted by atomic mass is 16.5. The lowest BCUT2D eigenvalue weighted by Gasteiger charge is -2.35. The van der Waals surface area contributed by atoms with Crippen LogP contribution < -0.4 is 4.74 Å². The Morgan fingerprint density at radius 2 is 1.81 bits per heavy atom. The molecule has 32 heavy (non-hydrogen) atoms. The molecule has 0 saturated carbocycles. The molecule has 0 N–H and O–H groups in total. The van der Waals surface area contributed by atoms with Crippen molar-refractivity contribution in [2.75, 3.05) is 59.0 Å². The summed E-state index contributed by atoms with van der Waals surface area (Å²) >= 11 is 0. The number of piperazine rings is 1. The number of carbonyl (C=O) groups excluding carboxylic acids is 2. The van der Waals surface area contributed by atoms with Crippen molar-refractivity contribution >= 4 is 11.7 Å². The van der Waals surface area contributed by atoms with E-state index in [-0.39, 0.29) is 17.8 Å². The molecule has 3 fully saturated rings. The quantitative estimate of drug-likeness (QED) is 0.432. The molecule has 0 bridgehead atoms.